The lowest BCUT2D eigenvalue weighted by Gasteiger charge is -2.09. The molecule has 3 aromatic rings. The van der Waals surface area contributed by atoms with Gasteiger partial charge in [0.25, 0.3) is 11.8 Å². The van der Waals surface area contributed by atoms with Crippen LogP contribution in [0.1, 0.15) is 16.1 Å². The average Bonchev–Trinajstić information content (AvgIpc) is 3.28. The molecule has 1 aromatic carbocycles. The van der Waals surface area contributed by atoms with Gasteiger partial charge in [0.2, 0.25) is 0 Å². The Morgan fingerprint density at radius 2 is 2.04 bits per heavy atom. The number of aromatic nitrogens is 1. The molecule has 7 nitrogen and oxygen atoms in total. The van der Waals surface area contributed by atoms with E-state index in [1.807, 2.05) is 42.1 Å². The topological polar surface area (TPSA) is 96.5 Å². The van der Waals surface area contributed by atoms with Crippen molar-refractivity contribution in [1.82, 2.24) is 15.2 Å². The molecule has 2 heterocycles. The first kappa shape index (κ1) is 17.5. The molecule has 3 N–H and O–H groups in total. The zero-order chi connectivity index (χ0) is 18.5. The lowest BCUT2D eigenvalue weighted by molar-refractivity contribution is -0.117. The Hall–Kier alpha value is -3.32. The maximum atomic E-state index is 12.4. The van der Waals surface area contributed by atoms with Crippen molar-refractivity contribution in [3.05, 3.63) is 65.9 Å². The summed E-state index contributed by atoms with van der Waals surface area (Å²) >= 11 is 0. The molecule has 26 heavy (non-hydrogen) atoms. The molecule has 0 bridgehead atoms. The van der Waals surface area contributed by atoms with Gasteiger partial charge >= 0.3 is 0 Å². The number of aryl methyl sites for hydroxylation is 1. The Labute approximate surface area is 149 Å². The summed E-state index contributed by atoms with van der Waals surface area (Å²) < 4.78 is 7.01. The quantitative estimate of drug-likeness (QED) is 0.587. The molecule has 3 rings (SSSR count). The molecular formula is C19H19N3O4. The fourth-order valence-electron chi connectivity index (χ4n) is 2.66. The van der Waals surface area contributed by atoms with E-state index in [0.717, 1.165) is 16.5 Å². The van der Waals surface area contributed by atoms with Crippen molar-refractivity contribution in [1.29, 1.82) is 0 Å². The van der Waals surface area contributed by atoms with Gasteiger partial charge in [-0.3, -0.25) is 9.59 Å². The van der Waals surface area contributed by atoms with E-state index < -0.39 is 11.8 Å². The van der Waals surface area contributed by atoms with Gasteiger partial charge in [-0.1, -0.05) is 18.2 Å². The SMILES string of the molecule is Cn1cc(/C=C(\NC(=O)c2ccco2)C(=O)NCCO)c2ccccc21. The zero-order valence-electron chi connectivity index (χ0n) is 14.2. The molecule has 0 saturated carbocycles. The molecule has 0 atom stereocenters. The lowest BCUT2D eigenvalue weighted by atomic mass is 10.1. The maximum Gasteiger partial charge on any atom is 0.291 e. The van der Waals surface area contributed by atoms with E-state index >= 15 is 0 Å². The summed E-state index contributed by atoms with van der Waals surface area (Å²) in [6.07, 6.45) is 4.87. The number of furan rings is 1. The van der Waals surface area contributed by atoms with E-state index in [9.17, 15) is 9.59 Å². The second-order valence-electron chi connectivity index (χ2n) is 5.68. The number of carbonyl (C=O) groups excluding carboxylic acids is 2. The highest BCUT2D eigenvalue weighted by atomic mass is 16.3. The summed E-state index contributed by atoms with van der Waals surface area (Å²) in [7, 11) is 1.91. The van der Waals surface area contributed by atoms with Crippen LogP contribution in [-0.2, 0) is 11.8 Å². The van der Waals surface area contributed by atoms with E-state index in [0.29, 0.717) is 0 Å². The van der Waals surface area contributed by atoms with E-state index in [1.54, 1.807) is 12.1 Å². The van der Waals surface area contributed by atoms with Gasteiger partial charge in [-0.15, -0.1) is 0 Å². The number of nitrogens with zero attached hydrogens (tertiary/aromatic N) is 1. The number of hydrogen-bond donors (Lipinski definition) is 3. The van der Waals surface area contributed by atoms with Crippen molar-refractivity contribution in [2.24, 2.45) is 7.05 Å². The van der Waals surface area contributed by atoms with Gasteiger partial charge in [0.15, 0.2) is 5.76 Å². The Kier molecular flexibility index (Phi) is 5.19. The number of benzene rings is 1. The molecule has 0 saturated heterocycles. The summed E-state index contributed by atoms with van der Waals surface area (Å²) in [5, 5.41) is 15.0. The number of carbonyl (C=O) groups is 2. The highest BCUT2D eigenvalue weighted by Gasteiger charge is 2.17. The van der Waals surface area contributed by atoms with Crippen LogP contribution in [0.5, 0.6) is 0 Å². The average molecular weight is 353 g/mol. The van der Waals surface area contributed by atoms with Crippen LogP contribution in [0.3, 0.4) is 0 Å². The minimum absolute atomic E-state index is 0.0659. The highest BCUT2D eigenvalue weighted by Crippen LogP contribution is 2.22. The zero-order valence-corrected chi connectivity index (χ0v) is 14.2. The van der Waals surface area contributed by atoms with Crippen molar-refractivity contribution in [2.75, 3.05) is 13.2 Å². The van der Waals surface area contributed by atoms with Gasteiger partial charge in [-0.25, -0.2) is 0 Å². The van der Waals surface area contributed by atoms with Gasteiger partial charge < -0.3 is 24.7 Å². The minimum Gasteiger partial charge on any atom is -0.459 e. The van der Waals surface area contributed by atoms with E-state index in [1.165, 1.54) is 12.3 Å². The predicted octanol–water partition coefficient (Wildman–Crippen LogP) is 1.65. The van der Waals surface area contributed by atoms with Crippen LogP contribution in [0, 0.1) is 0 Å². The third-order valence-electron chi connectivity index (χ3n) is 3.86. The summed E-state index contributed by atoms with van der Waals surface area (Å²) in [4.78, 5) is 24.7. The summed E-state index contributed by atoms with van der Waals surface area (Å²) in [5.41, 5.74) is 1.86. The first-order chi connectivity index (χ1) is 12.6. The van der Waals surface area contributed by atoms with Crippen molar-refractivity contribution >= 4 is 28.8 Å². The third-order valence-corrected chi connectivity index (χ3v) is 3.86. The fraction of sp³-hybridized carbons (Fsp3) is 0.158. The second kappa shape index (κ2) is 7.71. The van der Waals surface area contributed by atoms with E-state index in [2.05, 4.69) is 10.6 Å². The Bertz CT molecular complexity index is 954. The third kappa shape index (κ3) is 3.68. The number of amides is 2. The van der Waals surface area contributed by atoms with Crippen LogP contribution in [-0.4, -0.2) is 34.6 Å². The molecule has 0 fully saturated rings. The molecule has 0 aliphatic carbocycles. The molecule has 0 radical (unpaired) electrons. The Morgan fingerprint density at radius 3 is 2.77 bits per heavy atom. The van der Waals surface area contributed by atoms with Crippen LogP contribution < -0.4 is 10.6 Å². The molecule has 0 unspecified atom stereocenters. The first-order valence-electron chi connectivity index (χ1n) is 8.10. The standard InChI is InChI=1S/C19H19N3O4/c1-22-12-13(14-5-2-3-6-16(14)22)11-15(18(24)20-8-9-23)21-19(25)17-7-4-10-26-17/h2-7,10-12,23H,8-9H2,1H3,(H,20,24)(H,21,25)/b15-11-. The fourth-order valence-corrected chi connectivity index (χ4v) is 2.66. The van der Waals surface area contributed by atoms with Crippen molar-refractivity contribution in [2.45, 2.75) is 0 Å². The van der Waals surface area contributed by atoms with Crippen molar-refractivity contribution in [3.63, 3.8) is 0 Å². The summed E-state index contributed by atoms with van der Waals surface area (Å²) in [6, 6.07) is 10.9. The highest BCUT2D eigenvalue weighted by molar-refractivity contribution is 6.05. The Morgan fingerprint density at radius 1 is 1.23 bits per heavy atom. The van der Waals surface area contributed by atoms with Crippen LogP contribution in [0.4, 0.5) is 0 Å². The molecule has 2 amide bonds. The van der Waals surface area contributed by atoms with Gasteiger partial charge in [-0.05, 0) is 24.3 Å². The van der Waals surface area contributed by atoms with Gasteiger partial charge in [-0.2, -0.15) is 0 Å². The monoisotopic (exact) mass is 353 g/mol. The number of hydrogen-bond acceptors (Lipinski definition) is 4. The van der Waals surface area contributed by atoms with Crippen molar-refractivity contribution < 1.29 is 19.1 Å². The molecule has 0 aliphatic heterocycles. The summed E-state index contributed by atoms with van der Waals surface area (Å²) in [6.45, 7) is -0.109. The predicted molar refractivity (Wildman–Crippen MR) is 97.2 cm³/mol. The molecule has 7 heteroatoms. The van der Waals surface area contributed by atoms with E-state index in [4.69, 9.17) is 9.52 Å². The maximum absolute atomic E-state index is 12.4. The lowest BCUT2D eigenvalue weighted by Crippen LogP contribution is -2.36. The van der Waals surface area contributed by atoms with Crippen LogP contribution in [0.2, 0.25) is 0 Å². The molecule has 134 valence electrons. The van der Waals surface area contributed by atoms with E-state index in [-0.39, 0.29) is 24.6 Å². The largest absolute Gasteiger partial charge is 0.459 e. The van der Waals surface area contributed by atoms with Gasteiger partial charge in [0.05, 0.1) is 12.9 Å². The van der Waals surface area contributed by atoms with Crippen LogP contribution in [0.15, 0.2) is 59.0 Å². The number of rotatable bonds is 6. The molecule has 0 aliphatic rings. The minimum atomic E-state index is -0.527. The number of aliphatic hydroxyl groups is 1. The number of para-hydroxylation sites is 1. The number of nitrogens with one attached hydrogen (secondary N) is 2. The van der Waals surface area contributed by atoms with Gasteiger partial charge in [0.1, 0.15) is 5.70 Å². The van der Waals surface area contributed by atoms with Crippen molar-refractivity contribution in [3.8, 4) is 0 Å². The number of fused-ring (bicyclic) bond motifs is 1. The van der Waals surface area contributed by atoms with Crippen LogP contribution in [0.25, 0.3) is 17.0 Å². The van der Waals surface area contributed by atoms with Crippen LogP contribution >= 0.6 is 0 Å². The summed E-state index contributed by atoms with van der Waals surface area (Å²) in [5.74, 6) is -0.920. The Balaban J connectivity index is 1.97. The molecular weight excluding hydrogens is 334 g/mol. The smallest absolute Gasteiger partial charge is 0.291 e. The second-order valence-corrected chi connectivity index (χ2v) is 5.68. The molecule has 0 spiro atoms. The first-order valence-corrected chi connectivity index (χ1v) is 8.10. The normalized spacial score (nSPS) is 11.5. The van der Waals surface area contributed by atoms with Gasteiger partial charge in [0, 0.05) is 36.3 Å². The molecule has 2 aromatic heterocycles. The number of aliphatic hydroxyl groups excluding tert-OH is 1.